The van der Waals surface area contributed by atoms with Crippen LogP contribution in [0.4, 0.5) is 0 Å². The molecule has 0 bridgehead atoms. The summed E-state index contributed by atoms with van der Waals surface area (Å²) in [6.07, 6.45) is 1.94. The van der Waals surface area contributed by atoms with Crippen molar-refractivity contribution in [3.05, 3.63) is 193 Å². The number of nitrogens with zero attached hydrogens (tertiary/aromatic N) is 6. The van der Waals surface area contributed by atoms with Gasteiger partial charge in [-0.3, -0.25) is 4.98 Å². The van der Waals surface area contributed by atoms with Crippen LogP contribution in [0.25, 0.3) is 100 Å². The lowest BCUT2D eigenvalue weighted by atomic mass is 9.86. The van der Waals surface area contributed by atoms with Crippen LogP contribution in [0, 0.1) is 0 Å². The highest BCUT2D eigenvalue weighted by molar-refractivity contribution is 6.11. The molecular formula is C58H48N6. The number of fused-ring (bicyclic) bond motifs is 6. The number of hydrogen-bond acceptors (Lipinski definition) is 4. The second-order valence-corrected chi connectivity index (χ2v) is 18.8. The number of para-hydroxylation sites is 2. The Labute approximate surface area is 373 Å². The Balaban J connectivity index is 1.18. The van der Waals surface area contributed by atoms with Gasteiger partial charge in [-0.1, -0.05) is 151 Å². The molecule has 0 spiro atoms. The van der Waals surface area contributed by atoms with Crippen molar-refractivity contribution in [3.8, 4) is 56.8 Å². The summed E-state index contributed by atoms with van der Waals surface area (Å²) in [5.74, 6) is 1.83. The number of benzene rings is 7. The Kier molecular flexibility index (Phi) is 9.17. The fourth-order valence-corrected chi connectivity index (χ4v) is 9.14. The van der Waals surface area contributed by atoms with E-state index in [0.29, 0.717) is 17.5 Å². The summed E-state index contributed by atoms with van der Waals surface area (Å²) in [5, 5.41) is 4.89. The van der Waals surface area contributed by atoms with Crippen LogP contribution in [0.1, 0.15) is 52.7 Å². The molecule has 0 atom stereocenters. The first-order valence-corrected chi connectivity index (χ1v) is 22.1. The van der Waals surface area contributed by atoms with E-state index in [9.17, 15) is 0 Å². The molecule has 0 amide bonds. The maximum atomic E-state index is 5.19. The van der Waals surface area contributed by atoms with Gasteiger partial charge in [-0.05, 0) is 88.7 Å². The summed E-state index contributed by atoms with van der Waals surface area (Å²) in [4.78, 5) is 20.5. The lowest BCUT2D eigenvalue weighted by molar-refractivity contribution is 0.591. The van der Waals surface area contributed by atoms with Crippen LogP contribution in [-0.4, -0.2) is 29.1 Å². The molecule has 6 nitrogen and oxygen atoms in total. The molecule has 4 aromatic heterocycles. The Morgan fingerprint density at radius 3 is 1.39 bits per heavy atom. The predicted molar refractivity (Wildman–Crippen MR) is 265 cm³/mol. The van der Waals surface area contributed by atoms with Crippen molar-refractivity contribution in [3.63, 3.8) is 0 Å². The van der Waals surface area contributed by atoms with Crippen molar-refractivity contribution in [1.29, 1.82) is 0 Å². The highest BCUT2D eigenvalue weighted by Crippen LogP contribution is 2.41. The van der Waals surface area contributed by atoms with E-state index in [1.165, 1.54) is 32.7 Å². The number of hydrogen-bond donors (Lipinski definition) is 0. The zero-order valence-electron chi connectivity index (χ0n) is 37.0. The molecule has 11 rings (SSSR count). The van der Waals surface area contributed by atoms with Crippen LogP contribution in [0.5, 0.6) is 0 Å². The molecule has 0 aliphatic heterocycles. The van der Waals surface area contributed by atoms with Gasteiger partial charge in [-0.25, -0.2) is 15.0 Å². The lowest BCUT2D eigenvalue weighted by Gasteiger charge is -2.20. The lowest BCUT2D eigenvalue weighted by Crippen LogP contribution is -2.10. The highest BCUT2D eigenvalue weighted by atomic mass is 15.0. The third-order valence-electron chi connectivity index (χ3n) is 12.5. The maximum absolute atomic E-state index is 5.19. The molecule has 0 unspecified atom stereocenters. The summed E-state index contributed by atoms with van der Waals surface area (Å²) >= 11 is 0. The molecule has 0 saturated heterocycles. The Hall–Kier alpha value is -7.70. The second kappa shape index (κ2) is 15.0. The van der Waals surface area contributed by atoms with E-state index in [-0.39, 0.29) is 10.8 Å². The van der Waals surface area contributed by atoms with Gasteiger partial charge in [0.2, 0.25) is 0 Å². The zero-order valence-corrected chi connectivity index (χ0v) is 37.0. The van der Waals surface area contributed by atoms with Gasteiger partial charge >= 0.3 is 0 Å². The predicted octanol–water partition coefficient (Wildman–Crippen LogP) is 14.7. The van der Waals surface area contributed by atoms with Crippen LogP contribution < -0.4 is 0 Å². The minimum Gasteiger partial charge on any atom is -0.309 e. The largest absolute Gasteiger partial charge is 0.309 e. The fourth-order valence-electron chi connectivity index (χ4n) is 9.14. The number of pyridine rings is 1. The average molecular weight is 829 g/mol. The van der Waals surface area contributed by atoms with Gasteiger partial charge < -0.3 is 9.13 Å². The Bertz CT molecular complexity index is 3510. The van der Waals surface area contributed by atoms with Crippen LogP contribution in [-0.2, 0) is 10.8 Å². The number of rotatable bonds is 6. The van der Waals surface area contributed by atoms with Gasteiger partial charge in [-0.15, -0.1) is 0 Å². The van der Waals surface area contributed by atoms with Gasteiger partial charge in [0, 0.05) is 55.7 Å². The zero-order chi connectivity index (χ0) is 43.7. The van der Waals surface area contributed by atoms with E-state index in [4.69, 9.17) is 19.9 Å². The first-order chi connectivity index (χ1) is 31.0. The van der Waals surface area contributed by atoms with E-state index in [0.717, 1.165) is 61.4 Å². The van der Waals surface area contributed by atoms with E-state index >= 15 is 0 Å². The fraction of sp³-hybridized carbons (Fsp3) is 0.138. The molecule has 0 N–H and O–H groups in total. The molecule has 0 radical (unpaired) electrons. The first kappa shape index (κ1) is 39.2. The topological polar surface area (TPSA) is 61.4 Å². The monoisotopic (exact) mass is 828 g/mol. The summed E-state index contributed by atoms with van der Waals surface area (Å²) < 4.78 is 4.78. The van der Waals surface area contributed by atoms with Crippen molar-refractivity contribution in [2.45, 2.75) is 52.4 Å². The van der Waals surface area contributed by atoms with Crippen molar-refractivity contribution in [1.82, 2.24) is 29.1 Å². The van der Waals surface area contributed by atoms with Crippen molar-refractivity contribution in [2.24, 2.45) is 0 Å². The van der Waals surface area contributed by atoms with E-state index in [2.05, 4.69) is 166 Å². The van der Waals surface area contributed by atoms with Crippen LogP contribution in [0.3, 0.4) is 0 Å². The van der Waals surface area contributed by atoms with Crippen LogP contribution in [0.2, 0.25) is 0 Å². The quantitative estimate of drug-likeness (QED) is 0.167. The molecule has 310 valence electrons. The van der Waals surface area contributed by atoms with Gasteiger partial charge in [0.15, 0.2) is 17.5 Å². The molecule has 0 saturated carbocycles. The normalized spacial score (nSPS) is 12.2. The molecule has 0 aliphatic carbocycles. The van der Waals surface area contributed by atoms with Gasteiger partial charge in [-0.2, -0.15) is 0 Å². The average Bonchev–Trinajstić information content (AvgIpc) is 3.83. The molecular weight excluding hydrogens is 781 g/mol. The van der Waals surface area contributed by atoms with E-state index in [1.54, 1.807) is 0 Å². The SMILES string of the molecule is CC(C)(C)c1ccc2c(c1)c1ccccc1n2-c1ccnc(-c2cc(-c3nc(-c4ccccc4)nc(-c4ccccc4)n3)ccc2-n2c3ccccc3c3cc(C(C)(C)C)ccc32)c1. The highest BCUT2D eigenvalue weighted by Gasteiger charge is 2.23. The summed E-state index contributed by atoms with van der Waals surface area (Å²) in [7, 11) is 0. The minimum absolute atomic E-state index is 0.00255. The standard InChI is InChI=1S/C58H48N6/c1-57(2,3)40-26-29-51-45(34-40)43-21-13-15-23-49(43)63(51)42-31-32-59-48(36-42)47-33-39(56-61-54(37-17-9-7-10-18-37)60-55(62-56)38-19-11-8-12-20-38)25-28-53(47)64-50-24-16-14-22-44(50)46-35-41(58(4,5)6)27-30-52(46)64/h7-36H,1-6H3. The van der Waals surface area contributed by atoms with Crippen molar-refractivity contribution in [2.75, 3.05) is 0 Å². The molecule has 0 fully saturated rings. The molecule has 0 aliphatic rings. The molecule has 7 aromatic carbocycles. The van der Waals surface area contributed by atoms with Gasteiger partial charge in [0.25, 0.3) is 0 Å². The van der Waals surface area contributed by atoms with Crippen LogP contribution >= 0.6 is 0 Å². The van der Waals surface area contributed by atoms with Crippen molar-refractivity contribution < 1.29 is 0 Å². The molecule has 6 heteroatoms. The van der Waals surface area contributed by atoms with Crippen molar-refractivity contribution >= 4 is 43.6 Å². The molecule has 64 heavy (non-hydrogen) atoms. The molecule has 11 aromatic rings. The third-order valence-corrected chi connectivity index (χ3v) is 12.5. The van der Waals surface area contributed by atoms with Gasteiger partial charge in [0.1, 0.15) is 0 Å². The minimum atomic E-state index is -0.00255. The second-order valence-electron chi connectivity index (χ2n) is 18.8. The third kappa shape index (κ3) is 6.74. The summed E-state index contributed by atoms with van der Waals surface area (Å²) in [6, 6.07) is 62.5. The summed E-state index contributed by atoms with van der Waals surface area (Å²) in [6.45, 7) is 13.6. The Morgan fingerprint density at radius 1 is 0.375 bits per heavy atom. The smallest absolute Gasteiger partial charge is 0.164 e. The molecule has 4 heterocycles. The van der Waals surface area contributed by atoms with Gasteiger partial charge in [0.05, 0.1) is 33.4 Å². The summed E-state index contributed by atoms with van der Waals surface area (Å²) in [5.41, 5.74) is 13.8. The first-order valence-electron chi connectivity index (χ1n) is 22.1. The van der Waals surface area contributed by atoms with E-state index < -0.39 is 0 Å². The van der Waals surface area contributed by atoms with E-state index in [1.807, 2.05) is 66.9 Å². The van der Waals surface area contributed by atoms with Crippen LogP contribution in [0.15, 0.2) is 182 Å². The Morgan fingerprint density at radius 2 is 0.844 bits per heavy atom. The maximum Gasteiger partial charge on any atom is 0.164 e. The number of aromatic nitrogens is 6.